The smallest absolute Gasteiger partial charge is 0.220 e. The van der Waals surface area contributed by atoms with Crippen molar-refractivity contribution in [2.24, 2.45) is 0 Å². The Kier molecular flexibility index (Phi) is 4.97. The quantitative estimate of drug-likeness (QED) is 0.411. The van der Waals surface area contributed by atoms with Crippen LogP contribution in [0.25, 0.3) is 11.3 Å². The van der Waals surface area contributed by atoms with Gasteiger partial charge in [0.05, 0.1) is 10.7 Å². The van der Waals surface area contributed by atoms with Gasteiger partial charge < -0.3 is 22.1 Å². The van der Waals surface area contributed by atoms with Crippen LogP contribution in [-0.4, -0.2) is 15.1 Å². The van der Waals surface area contributed by atoms with Crippen LogP contribution in [0.1, 0.15) is 0 Å². The van der Waals surface area contributed by atoms with Crippen molar-refractivity contribution < 1.29 is 0 Å². The van der Waals surface area contributed by atoms with Crippen LogP contribution >= 0.6 is 23.8 Å². The molecule has 2 aromatic carbocycles. The highest BCUT2D eigenvalue weighted by Gasteiger charge is 2.08. The Hall–Kier alpha value is -2.90. The van der Waals surface area contributed by atoms with E-state index in [-0.39, 0.29) is 5.95 Å². The lowest BCUT2D eigenvalue weighted by molar-refractivity contribution is 1.19. The van der Waals surface area contributed by atoms with E-state index < -0.39 is 0 Å². The van der Waals surface area contributed by atoms with E-state index >= 15 is 0 Å². The van der Waals surface area contributed by atoms with Crippen molar-refractivity contribution in [2.45, 2.75) is 0 Å². The predicted octanol–water partition coefficient (Wildman–Crippen LogP) is 3.77. The minimum Gasteiger partial charge on any atom is -0.399 e. The summed E-state index contributed by atoms with van der Waals surface area (Å²) in [5, 5.41) is 7.13. The third kappa shape index (κ3) is 4.34. The maximum Gasteiger partial charge on any atom is 0.220 e. The van der Waals surface area contributed by atoms with Gasteiger partial charge in [-0.15, -0.1) is 0 Å². The lowest BCUT2D eigenvalue weighted by Gasteiger charge is -2.12. The standard InChI is InChI=1S/C17H15ClN6S/c18-14-9-12(5-6-13(14)15-7-8-21-16(20)24-15)23-17(25)22-11-3-1-10(19)2-4-11/h1-9H,19H2,(H2,20,21,24)(H2,22,23,25). The van der Waals surface area contributed by atoms with Crippen molar-refractivity contribution >= 4 is 51.9 Å². The molecule has 3 aromatic rings. The normalized spacial score (nSPS) is 10.3. The Balaban J connectivity index is 1.72. The second-order valence-corrected chi connectivity index (χ2v) is 6.01. The van der Waals surface area contributed by atoms with Crippen LogP contribution in [0.3, 0.4) is 0 Å². The van der Waals surface area contributed by atoms with Gasteiger partial charge in [-0.25, -0.2) is 9.97 Å². The van der Waals surface area contributed by atoms with Crippen LogP contribution in [-0.2, 0) is 0 Å². The molecule has 0 aliphatic heterocycles. The molecular weight excluding hydrogens is 356 g/mol. The zero-order valence-electron chi connectivity index (χ0n) is 13.0. The maximum absolute atomic E-state index is 6.36. The summed E-state index contributed by atoms with van der Waals surface area (Å²) < 4.78 is 0. The summed E-state index contributed by atoms with van der Waals surface area (Å²) in [6.07, 6.45) is 1.59. The first-order valence-corrected chi connectivity index (χ1v) is 8.12. The summed E-state index contributed by atoms with van der Waals surface area (Å²) in [5.74, 6) is 0.199. The summed E-state index contributed by atoms with van der Waals surface area (Å²) in [5.41, 5.74) is 15.0. The van der Waals surface area contributed by atoms with E-state index in [0.717, 1.165) is 16.9 Å². The number of benzene rings is 2. The van der Waals surface area contributed by atoms with Crippen LogP contribution in [0.2, 0.25) is 5.02 Å². The predicted molar refractivity (Wildman–Crippen MR) is 108 cm³/mol. The monoisotopic (exact) mass is 370 g/mol. The Labute approximate surface area is 155 Å². The molecule has 8 heteroatoms. The Bertz CT molecular complexity index is 913. The molecule has 0 spiro atoms. The number of hydrogen-bond acceptors (Lipinski definition) is 5. The SMILES string of the molecule is Nc1ccc(NC(=S)Nc2ccc(-c3ccnc(N)n3)c(Cl)c2)cc1. The van der Waals surface area contributed by atoms with E-state index in [4.69, 9.17) is 35.3 Å². The topological polar surface area (TPSA) is 102 Å². The molecule has 0 bridgehead atoms. The van der Waals surface area contributed by atoms with Crippen molar-refractivity contribution in [3.8, 4) is 11.3 Å². The van der Waals surface area contributed by atoms with Gasteiger partial charge in [-0.3, -0.25) is 0 Å². The summed E-state index contributed by atoms with van der Waals surface area (Å²) in [4.78, 5) is 8.05. The third-order valence-corrected chi connectivity index (χ3v) is 3.86. The van der Waals surface area contributed by atoms with Gasteiger partial charge in [0.15, 0.2) is 5.11 Å². The minimum atomic E-state index is 0.199. The highest BCUT2D eigenvalue weighted by Crippen LogP contribution is 2.29. The number of nitrogens with zero attached hydrogens (tertiary/aromatic N) is 2. The number of anilines is 4. The first-order chi connectivity index (χ1) is 12.0. The molecule has 0 saturated heterocycles. The van der Waals surface area contributed by atoms with Gasteiger partial charge in [0.2, 0.25) is 5.95 Å². The Morgan fingerprint density at radius 3 is 2.32 bits per heavy atom. The van der Waals surface area contributed by atoms with Crippen molar-refractivity contribution in [1.29, 1.82) is 0 Å². The number of halogens is 1. The van der Waals surface area contributed by atoms with E-state index in [1.807, 2.05) is 24.3 Å². The highest BCUT2D eigenvalue weighted by molar-refractivity contribution is 7.80. The first kappa shape index (κ1) is 16.9. The molecule has 6 nitrogen and oxygen atoms in total. The Morgan fingerprint density at radius 2 is 1.64 bits per heavy atom. The Morgan fingerprint density at radius 1 is 0.960 bits per heavy atom. The first-order valence-electron chi connectivity index (χ1n) is 7.33. The van der Waals surface area contributed by atoms with Gasteiger partial charge in [0, 0.05) is 28.8 Å². The number of thiocarbonyl (C=S) groups is 1. The average Bonchev–Trinajstić information content (AvgIpc) is 2.57. The van der Waals surface area contributed by atoms with E-state index in [9.17, 15) is 0 Å². The van der Waals surface area contributed by atoms with Crippen LogP contribution < -0.4 is 22.1 Å². The van der Waals surface area contributed by atoms with Gasteiger partial charge in [0.25, 0.3) is 0 Å². The van der Waals surface area contributed by atoms with Gasteiger partial charge in [-0.1, -0.05) is 11.6 Å². The van der Waals surface area contributed by atoms with Crippen molar-refractivity contribution in [2.75, 3.05) is 22.1 Å². The number of rotatable bonds is 3. The molecule has 0 saturated carbocycles. The van der Waals surface area contributed by atoms with E-state index in [2.05, 4.69) is 20.6 Å². The van der Waals surface area contributed by atoms with Crippen LogP contribution in [0, 0.1) is 0 Å². The molecule has 1 heterocycles. The molecular formula is C17H15ClN6S. The molecule has 25 heavy (non-hydrogen) atoms. The maximum atomic E-state index is 6.36. The van der Waals surface area contributed by atoms with Crippen molar-refractivity contribution in [1.82, 2.24) is 9.97 Å². The van der Waals surface area contributed by atoms with Gasteiger partial charge in [-0.2, -0.15) is 0 Å². The van der Waals surface area contributed by atoms with E-state index in [1.54, 1.807) is 30.5 Å². The summed E-state index contributed by atoms with van der Waals surface area (Å²) in [6, 6.07) is 14.5. The average molecular weight is 371 g/mol. The largest absolute Gasteiger partial charge is 0.399 e. The second-order valence-electron chi connectivity index (χ2n) is 5.20. The highest BCUT2D eigenvalue weighted by atomic mass is 35.5. The molecule has 0 amide bonds. The lowest BCUT2D eigenvalue weighted by Crippen LogP contribution is -2.19. The number of hydrogen-bond donors (Lipinski definition) is 4. The zero-order valence-corrected chi connectivity index (χ0v) is 14.6. The fourth-order valence-corrected chi connectivity index (χ4v) is 2.70. The van der Waals surface area contributed by atoms with E-state index in [1.165, 1.54) is 0 Å². The van der Waals surface area contributed by atoms with Gasteiger partial charge >= 0.3 is 0 Å². The summed E-state index contributed by atoms with van der Waals surface area (Å²) in [7, 11) is 0. The third-order valence-electron chi connectivity index (χ3n) is 3.35. The van der Waals surface area contributed by atoms with Crippen LogP contribution in [0.4, 0.5) is 23.0 Å². The number of aromatic nitrogens is 2. The molecule has 6 N–H and O–H groups in total. The summed E-state index contributed by atoms with van der Waals surface area (Å²) >= 11 is 11.7. The number of nitrogens with two attached hydrogens (primary N) is 2. The molecule has 0 unspecified atom stereocenters. The van der Waals surface area contributed by atoms with Gasteiger partial charge in [0.1, 0.15) is 0 Å². The molecule has 1 aromatic heterocycles. The minimum absolute atomic E-state index is 0.199. The van der Waals surface area contributed by atoms with E-state index in [0.29, 0.717) is 21.5 Å². The molecule has 0 fully saturated rings. The molecule has 0 atom stereocenters. The molecule has 0 aliphatic rings. The fourth-order valence-electron chi connectivity index (χ4n) is 2.18. The van der Waals surface area contributed by atoms with Crippen LogP contribution in [0.15, 0.2) is 54.7 Å². The van der Waals surface area contributed by atoms with Crippen molar-refractivity contribution in [3.63, 3.8) is 0 Å². The van der Waals surface area contributed by atoms with Crippen LogP contribution in [0.5, 0.6) is 0 Å². The molecule has 126 valence electrons. The fraction of sp³-hybridized carbons (Fsp3) is 0. The number of nitrogen functional groups attached to an aromatic ring is 2. The molecule has 0 aliphatic carbocycles. The van der Waals surface area contributed by atoms with Gasteiger partial charge in [-0.05, 0) is 60.7 Å². The number of nitrogens with one attached hydrogen (secondary N) is 2. The second kappa shape index (κ2) is 7.33. The zero-order chi connectivity index (χ0) is 17.8. The molecule has 3 rings (SSSR count). The lowest BCUT2D eigenvalue weighted by atomic mass is 10.1. The van der Waals surface area contributed by atoms with Crippen molar-refractivity contribution in [3.05, 3.63) is 59.8 Å². The molecule has 0 radical (unpaired) electrons. The summed E-state index contributed by atoms with van der Waals surface area (Å²) in [6.45, 7) is 0.